The zero-order valence-corrected chi connectivity index (χ0v) is 11.7. The third-order valence-corrected chi connectivity index (χ3v) is 3.67. The van der Waals surface area contributed by atoms with Crippen molar-refractivity contribution in [3.8, 4) is 16.9 Å². The predicted octanol–water partition coefficient (Wildman–Crippen LogP) is 3.34. The zero-order valence-electron chi connectivity index (χ0n) is 11.7. The number of carbonyl (C=O) groups is 1. The van der Waals surface area contributed by atoms with Crippen LogP contribution in [-0.4, -0.2) is 19.6 Å². The van der Waals surface area contributed by atoms with Crippen LogP contribution in [-0.2, 0) is 4.79 Å². The van der Waals surface area contributed by atoms with Gasteiger partial charge in [0.1, 0.15) is 5.75 Å². The van der Waals surface area contributed by atoms with Crippen molar-refractivity contribution in [1.29, 1.82) is 0 Å². The molecule has 102 valence electrons. The van der Waals surface area contributed by atoms with Crippen LogP contribution in [0.3, 0.4) is 0 Å². The van der Waals surface area contributed by atoms with E-state index in [1.54, 1.807) is 11.9 Å². The van der Waals surface area contributed by atoms with Crippen LogP contribution in [0.15, 0.2) is 48.5 Å². The van der Waals surface area contributed by atoms with Crippen LogP contribution in [0.25, 0.3) is 11.1 Å². The van der Waals surface area contributed by atoms with Crippen molar-refractivity contribution in [2.24, 2.45) is 5.92 Å². The summed E-state index contributed by atoms with van der Waals surface area (Å²) in [7, 11) is 1.81. The normalized spacial score (nSPS) is 18.2. The van der Waals surface area contributed by atoms with Gasteiger partial charge in [-0.15, -0.1) is 0 Å². The number of amides is 1. The molecule has 0 N–H and O–H groups in total. The number of hydrogen-bond acceptors (Lipinski definition) is 2. The third kappa shape index (κ3) is 2.16. The van der Waals surface area contributed by atoms with Gasteiger partial charge in [0.2, 0.25) is 5.91 Å². The first kappa shape index (κ1) is 12.7. The number of benzene rings is 2. The first-order valence-corrected chi connectivity index (χ1v) is 6.76. The van der Waals surface area contributed by atoms with Crippen LogP contribution in [0.1, 0.15) is 6.92 Å². The highest BCUT2D eigenvalue weighted by atomic mass is 16.5. The van der Waals surface area contributed by atoms with E-state index >= 15 is 0 Å². The number of hydrogen-bond donors (Lipinski definition) is 0. The molecule has 0 spiro atoms. The smallest absolute Gasteiger partial charge is 0.233 e. The molecule has 20 heavy (non-hydrogen) atoms. The van der Waals surface area contributed by atoms with Crippen molar-refractivity contribution >= 4 is 11.6 Å². The predicted molar refractivity (Wildman–Crippen MR) is 79.9 cm³/mol. The molecule has 0 aromatic heterocycles. The molecular formula is C17H17NO2. The van der Waals surface area contributed by atoms with Gasteiger partial charge in [-0.2, -0.15) is 0 Å². The van der Waals surface area contributed by atoms with Gasteiger partial charge in [-0.1, -0.05) is 43.3 Å². The average Bonchev–Trinajstić information content (AvgIpc) is 2.61. The SMILES string of the molecule is CC1COc2ccc(-c3ccccc3)cc2N(C)C1=O. The van der Waals surface area contributed by atoms with E-state index in [0.29, 0.717) is 6.61 Å². The first-order chi connectivity index (χ1) is 9.66. The molecule has 1 atom stereocenters. The molecule has 1 aliphatic heterocycles. The van der Waals surface area contributed by atoms with E-state index in [1.807, 2.05) is 43.3 Å². The van der Waals surface area contributed by atoms with Crippen molar-refractivity contribution in [3.63, 3.8) is 0 Å². The van der Waals surface area contributed by atoms with Gasteiger partial charge in [0, 0.05) is 7.05 Å². The fourth-order valence-electron chi connectivity index (χ4n) is 2.45. The fourth-order valence-corrected chi connectivity index (χ4v) is 2.45. The Morgan fingerprint density at radius 2 is 1.85 bits per heavy atom. The van der Waals surface area contributed by atoms with Crippen molar-refractivity contribution in [2.75, 3.05) is 18.6 Å². The van der Waals surface area contributed by atoms with Crippen molar-refractivity contribution in [1.82, 2.24) is 0 Å². The van der Waals surface area contributed by atoms with Crippen LogP contribution in [0.4, 0.5) is 5.69 Å². The Bertz CT molecular complexity index is 637. The van der Waals surface area contributed by atoms with Gasteiger partial charge in [-0.3, -0.25) is 4.79 Å². The van der Waals surface area contributed by atoms with Crippen LogP contribution >= 0.6 is 0 Å². The molecule has 2 aromatic carbocycles. The van der Waals surface area contributed by atoms with E-state index in [4.69, 9.17) is 4.74 Å². The number of carbonyl (C=O) groups excluding carboxylic acids is 1. The zero-order chi connectivity index (χ0) is 14.1. The molecule has 3 nitrogen and oxygen atoms in total. The Morgan fingerprint density at radius 1 is 1.10 bits per heavy atom. The summed E-state index contributed by atoms with van der Waals surface area (Å²) in [5.41, 5.74) is 3.05. The Labute approximate surface area is 118 Å². The summed E-state index contributed by atoms with van der Waals surface area (Å²) in [6.07, 6.45) is 0. The number of fused-ring (bicyclic) bond motifs is 1. The fraction of sp³-hybridized carbons (Fsp3) is 0.235. The molecule has 1 aliphatic rings. The number of ether oxygens (including phenoxy) is 1. The second kappa shape index (κ2) is 5.00. The molecule has 3 heteroatoms. The second-order valence-corrected chi connectivity index (χ2v) is 5.16. The van der Waals surface area contributed by atoms with Gasteiger partial charge >= 0.3 is 0 Å². The summed E-state index contributed by atoms with van der Waals surface area (Å²) in [6, 6.07) is 16.1. The molecule has 3 rings (SSSR count). The van der Waals surface area contributed by atoms with Gasteiger partial charge in [-0.25, -0.2) is 0 Å². The van der Waals surface area contributed by atoms with E-state index in [9.17, 15) is 4.79 Å². The van der Waals surface area contributed by atoms with Crippen molar-refractivity contribution in [2.45, 2.75) is 6.92 Å². The van der Waals surface area contributed by atoms with Gasteiger partial charge in [-0.05, 0) is 23.3 Å². The van der Waals surface area contributed by atoms with Gasteiger partial charge < -0.3 is 9.64 Å². The molecule has 0 saturated heterocycles. The number of rotatable bonds is 1. The quantitative estimate of drug-likeness (QED) is 0.793. The van der Waals surface area contributed by atoms with E-state index in [2.05, 4.69) is 12.1 Å². The molecule has 1 heterocycles. The average molecular weight is 267 g/mol. The van der Waals surface area contributed by atoms with Crippen molar-refractivity contribution in [3.05, 3.63) is 48.5 Å². The maximum atomic E-state index is 12.2. The minimum absolute atomic E-state index is 0.0916. The monoisotopic (exact) mass is 267 g/mol. The summed E-state index contributed by atoms with van der Waals surface area (Å²) in [5, 5.41) is 0. The standard InChI is InChI=1S/C17H17NO2/c1-12-11-20-16-9-8-14(13-6-4-3-5-7-13)10-15(16)18(2)17(12)19/h3-10,12H,11H2,1-2H3. The molecule has 0 aliphatic carbocycles. The molecule has 0 radical (unpaired) electrons. The highest BCUT2D eigenvalue weighted by Crippen LogP contribution is 2.35. The Kier molecular flexibility index (Phi) is 3.18. The van der Waals surface area contributed by atoms with Gasteiger partial charge in [0.05, 0.1) is 18.2 Å². The first-order valence-electron chi connectivity index (χ1n) is 6.76. The minimum Gasteiger partial charge on any atom is -0.491 e. The lowest BCUT2D eigenvalue weighted by molar-refractivity contribution is -0.122. The van der Waals surface area contributed by atoms with E-state index in [1.165, 1.54) is 0 Å². The highest BCUT2D eigenvalue weighted by molar-refractivity contribution is 5.97. The summed E-state index contributed by atoms with van der Waals surface area (Å²) in [4.78, 5) is 13.9. The van der Waals surface area contributed by atoms with E-state index in [0.717, 1.165) is 22.6 Å². The van der Waals surface area contributed by atoms with Gasteiger partial charge in [0.15, 0.2) is 0 Å². The maximum Gasteiger partial charge on any atom is 0.233 e. The Hall–Kier alpha value is -2.29. The lowest BCUT2D eigenvalue weighted by Crippen LogP contribution is -2.31. The molecule has 2 aromatic rings. The van der Waals surface area contributed by atoms with Crippen LogP contribution in [0.5, 0.6) is 5.75 Å². The van der Waals surface area contributed by atoms with Gasteiger partial charge in [0.25, 0.3) is 0 Å². The molecule has 1 amide bonds. The summed E-state index contributed by atoms with van der Waals surface area (Å²) >= 11 is 0. The van der Waals surface area contributed by atoms with Crippen LogP contribution in [0.2, 0.25) is 0 Å². The van der Waals surface area contributed by atoms with Crippen LogP contribution in [0, 0.1) is 5.92 Å². The molecular weight excluding hydrogens is 250 g/mol. The number of nitrogens with zero attached hydrogens (tertiary/aromatic N) is 1. The summed E-state index contributed by atoms with van der Waals surface area (Å²) in [5.74, 6) is 0.742. The maximum absolute atomic E-state index is 12.2. The lowest BCUT2D eigenvalue weighted by atomic mass is 10.0. The summed E-state index contributed by atoms with van der Waals surface area (Å²) < 4.78 is 5.73. The van der Waals surface area contributed by atoms with E-state index in [-0.39, 0.29) is 11.8 Å². The van der Waals surface area contributed by atoms with E-state index < -0.39 is 0 Å². The lowest BCUT2D eigenvalue weighted by Gasteiger charge is -2.18. The molecule has 0 saturated carbocycles. The van der Waals surface area contributed by atoms with Crippen LogP contribution < -0.4 is 9.64 Å². The minimum atomic E-state index is -0.118. The number of anilines is 1. The Morgan fingerprint density at radius 3 is 2.60 bits per heavy atom. The molecule has 0 bridgehead atoms. The van der Waals surface area contributed by atoms with Crippen molar-refractivity contribution < 1.29 is 9.53 Å². The largest absolute Gasteiger partial charge is 0.491 e. The molecule has 1 unspecified atom stereocenters. The topological polar surface area (TPSA) is 29.5 Å². The Balaban J connectivity index is 2.07. The third-order valence-electron chi connectivity index (χ3n) is 3.67. The second-order valence-electron chi connectivity index (χ2n) is 5.16. The summed E-state index contributed by atoms with van der Waals surface area (Å²) in [6.45, 7) is 2.32. The highest BCUT2D eigenvalue weighted by Gasteiger charge is 2.26. The molecule has 0 fully saturated rings.